The standard InChI is InChI=1S/C16H24F3NO/c1-4-9-20-14(7-8-16(17,18)19)11-13-10-12(2)5-6-15(13)21-3/h5-6,10,14,20H,4,7-9,11H2,1-3H3. The predicted octanol–water partition coefficient (Wildman–Crippen LogP) is 4.26. The molecule has 0 spiro atoms. The molecule has 0 saturated carbocycles. The average molecular weight is 303 g/mol. The highest BCUT2D eigenvalue weighted by atomic mass is 19.4. The van der Waals surface area contributed by atoms with E-state index in [2.05, 4.69) is 5.32 Å². The van der Waals surface area contributed by atoms with Crippen LogP contribution in [0.5, 0.6) is 5.75 Å². The molecule has 0 fully saturated rings. The van der Waals surface area contributed by atoms with Gasteiger partial charge in [-0.15, -0.1) is 0 Å². The normalized spacial score (nSPS) is 13.2. The van der Waals surface area contributed by atoms with Crippen molar-refractivity contribution in [1.29, 1.82) is 0 Å². The molecule has 0 aromatic heterocycles. The third-order valence-corrected chi connectivity index (χ3v) is 3.36. The molecule has 0 bridgehead atoms. The van der Waals surface area contributed by atoms with E-state index in [9.17, 15) is 13.2 Å². The van der Waals surface area contributed by atoms with Crippen LogP contribution in [-0.2, 0) is 6.42 Å². The molecule has 1 rings (SSSR count). The number of alkyl halides is 3. The van der Waals surface area contributed by atoms with E-state index in [1.54, 1.807) is 7.11 Å². The SMILES string of the molecule is CCCNC(CCC(F)(F)F)Cc1cc(C)ccc1OC. The van der Waals surface area contributed by atoms with Crippen LogP contribution in [0.15, 0.2) is 18.2 Å². The minimum atomic E-state index is -4.11. The van der Waals surface area contributed by atoms with Crippen LogP contribution < -0.4 is 10.1 Å². The molecule has 0 amide bonds. The van der Waals surface area contributed by atoms with Gasteiger partial charge < -0.3 is 10.1 Å². The Bertz CT molecular complexity index is 432. The van der Waals surface area contributed by atoms with Gasteiger partial charge in [-0.3, -0.25) is 0 Å². The minimum absolute atomic E-state index is 0.0839. The molecule has 1 N–H and O–H groups in total. The van der Waals surface area contributed by atoms with Crippen LogP contribution >= 0.6 is 0 Å². The Morgan fingerprint density at radius 2 is 2.00 bits per heavy atom. The van der Waals surface area contributed by atoms with E-state index in [-0.39, 0.29) is 12.5 Å². The van der Waals surface area contributed by atoms with Crippen LogP contribution in [-0.4, -0.2) is 25.9 Å². The fourth-order valence-corrected chi connectivity index (χ4v) is 2.29. The zero-order valence-corrected chi connectivity index (χ0v) is 12.9. The van der Waals surface area contributed by atoms with E-state index in [4.69, 9.17) is 4.74 Å². The van der Waals surface area contributed by atoms with Gasteiger partial charge in [-0.05, 0) is 44.4 Å². The van der Waals surface area contributed by atoms with Gasteiger partial charge in [0.2, 0.25) is 0 Å². The van der Waals surface area contributed by atoms with Gasteiger partial charge in [0, 0.05) is 12.5 Å². The van der Waals surface area contributed by atoms with Crippen LogP contribution in [0.2, 0.25) is 0 Å². The molecule has 1 atom stereocenters. The highest BCUT2D eigenvalue weighted by Crippen LogP contribution is 2.26. The lowest BCUT2D eigenvalue weighted by Crippen LogP contribution is -2.33. The lowest BCUT2D eigenvalue weighted by Gasteiger charge is -2.21. The van der Waals surface area contributed by atoms with Crippen LogP contribution in [0.25, 0.3) is 0 Å². The third kappa shape index (κ3) is 6.85. The van der Waals surface area contributed by atoms with Gasteiger partial charge in [0.1, 0.15) is 5.75 Å². The number of hydrogen-bond acceptors (Lipinski definition) is 2. The lowest BCUT2D eigenvalue weighted by atomic mass is 9.99. The van der Waals surface area contributed by atoms with Crippen LogP contribution in [0.3, 0.4) is 0 Å². The number of rotatable bonds is 8. The summed E-state index contributed by atoms with van der Waals surface area (Å²) in [6.45, 7) is 4.69. The third-order valence-electron chi connectivity index (χ3n) is 3.36. The molecule has 0 saturated heterocycles. The molecular weight excluding hydrogens is 279 g/mol. The van der Waals surface area contributed by atoms with E-state index >= 15 is 0 Å². The Morgan fingerprint density at radius 3 is 2.57 bits per heavy atom. The number of ether oxygens (including phenoxy) is 1. The van der Waals surface area contributed by atoms with Gasteiger partial charge in [-0.25, -0.2) is 0 Å². The second kappa shape index (κ2) is 8.27. The molecule has 0 aliphatic heterocycles. The molecule has 0 radical (unpaired) electrons. The van der Waals surface area contributed by atoms with E-state index in [0.717, 1.165) is 29.8 Å². The molecule has 0 aliphatic carbocycles. The number of methoxy groups -OCH3 is 1. The number of hydrogen-bond donors (Lipinski definition) is 1. The van der Waals surface area contributed by atoms with Crippen molar-refractivity contribution < 1.29 is 17.9 Å². The summed E-state index contributed by atoms with van der Waals surface area (Å²) in [7, 11) is 1.58. The Kier molecular flexibility index (Phi) is 7.02. The fraction of sp³-hybridized carbons (Fsp3) is 0.625. The van der Waals surface area contributed by atoms with Gasteiger partial charge >= 0.3 is 6.18 Å². The minimum Gasteiger partial charge on any atom is -0.496 e. The first-order valence-corrected chi connectivity index (χ1v) is 7.29. The van der Waals surface area contributed by atoms with Crippen molar-refractivity contribution in [2.24, 2.45) is 0 Å². The quantitative estimate of drug-likeness (QED) is 0.775. The van der Waals surface area contributed by atoms with Crippen molar-refractivity contribution in [3.8, 4) is 5.75 Å². The van der Waals surface area contributed by atoms with Crippen molar-refractivity contribution in [3.63, 3.8) is 0 Å². The lowest BCUT2D eigenvalue weighted by molar-refractivity contribution is -0.136. The Hall–Kier alpha value is -1.23. The molecule has 1 unspecified atom stereocenters. The first kappa shape index (κ1) is 17.8. The Morgan fingerprint density at radius 1 is 1.29 bits per heavy atom. The number of benzene rings is 1. The molecule has 0 heterocycles. The summed E-state index contributed by atoms with van der Waals surface area (Å²) < 4.78 is 42.6. The van der Waals surface area contributed by atoms with E-state index in [0.29, 0.717) is 6.42 Å². The maximum atomic E-state index is 12.4. The molecule has 120 valence electrons. The second-order valence-electron chi connectivity index (χ2n) is 5.32. The molecule has 1 aromatic rings. The van der Waals surface area contributed by atoms with Crippen molar-refractivity contribution in [3.05, 3.63) is 29.3 Å². The molecule has 2 nitrogen and oxygen atoms in total. The monoisotopic (exact) mass is 303 g/mol. The first-order chi connectivity index (χ1) is 9.85. The van der Waals surface area contributed by atoms with Gasteiger partial charge in [-0.1, -0.05) is 24.6 Å². The highest BCUT2D eigenvalue weighted by molar-refractivity contribution is 5.37. The Balaban J connectivity index is 2.77. The molecule has 5 heteroatoms. The summed E-state index contributed by atoms with van der Waals surface area (Å²) in [5, 5.41) is 3.21. The largest absolute Gasteiger partial charge is 0.496 e. The average Bonchev–Trinajstić information content (AvgIpc) is 2.41. The number of aryl methyl sites for hydroxylation is 1. The maximum absolute atomic E-state index is 12.4. The molecule has 21 heavy (non-hydrogen) atoms. The molecular formula is C16H24F3NO. The second-order valence-corrected chi connectivity index (χ2v) is 5.32. The molecule has 1 aromatic carbocycles. The topological polar surface area (TPSA) is 21.3 Å². The van der Waals surface area contributed by atoms with Crippen LogP contribution in [0.4, 0.5) is 13.2 Å². The summed E-state index contributed by atoms with van der Waals surface area (Å²) in [6, 6.07) is 5.59. The number of nitrogens with one attached hydrogen (secondary N) is 1. The van der Waals surface area contributed by atoms with Crippen molar-refractivity contribution >= 4 is 0 Å². The summed E-state index contributed by atoms with van der Waals surface area (Å²) in [4.78, 5) is 0. The van der Waals surface area contributed by atoms with Crippen LogP contribution in [0, 0.1) is 6.92 Å². The van der Waals surface area contributed by atoms with E-state index in [1.807, 2.05) is 32.0 Å². The van der Waals surface area contributed by atoms with Crippen LogP contribution in [0.1, 0.15) is 37.3 Å². The zero-order valence-electron chi connectivity index (χ0n) is 12.9. The highest BCUT2D eigenvalue weighted by Gasteiger charge is 2.28. The van der Waals surface area contributed by atoms with Gasteiger partial charge in [-0.2, -0.15) is 13.2 Å². The molecule has 0 aliphatic rings. The smallest absolute Gasteiger partial charge is 0.389 e. The Labute approximate surface area is 124 Å². The van der Waals surface area contributed by atoms with Gasteiger partial charge in [0.25, 0.3) is 0 Å². The predicted molar refractivity (Wildman–Crippen MR) is 78.8 cm³/mol. The summed E-state index contributed by atoms with van der Waals surface area (Å²) in [5.41, 5.74) is 2.03. The van der Waals surface area contributed by atoms with Gasteiger partial charge in [0.15, 0.2) is 0 Å². The summed E-state index contributed by atoms with van der Waals surface area (Å²) in [5.74, 6) is 0.732. The van der Waals surface area contributed by atoms with Crippen molar-refractivity contribution in [1.82, 2.24) is 5.32 Å². The fourth-order valence-electron chi connectivity index (χ4n) is 2.29. The summed E-state index contributed by atoms with van der Waals surface area (Å²) in [6.07, 6.45) is -3.35. The summed E-state index contributed by atoms with van der Waals surface area (Å²) >= 11 is 0. The van der Waals surface area contributed by atoms with E-state index in [1.165, 1.54) is 0 Å². The number of halogens is 3. The van der Waals surface area contributed by atoms with Crippen molar-refractivity contribution in [2.75, 3.05) is 13.7 Å². The first-order valence-electron chi connectivity index (χ1n) is 7.29. The zero-order chi connectivity index (χ0) is 15.9. The van der Waals surface area contributed by atoms with E-state index < -0.39 is 12.6 Å². The van der Waals surface area contributed by atoms with Gasteiger partial charge in [0.05, 0.1) is 7.11 Å². The maximum Gasteiger partial charge on any atom is 0.389 e. The van der Waals surface area contributed by atoms with Crippen molar-refractivity contribution in [2.45, 2.75) is 51.7 Å².